The molecular formula is C10H13BF3O2-. The van der Waals surface area contributed by atoms with Crippen LogP contribution in [0, 0.1) is 0 Å². The highest BCUT2D eigenvalue weighted by molar-refractivity contribution is 6.73. The molecule has 0 amide bonds. The van der Waals surface area contributed by atoms with Crippen LogP contribution < -0.4 is 10.2 Å². The van der Waals surface area contributed by atoms with Gasteiger partial charge in [0.15, 0.2) is 0 Å². The third-order valence-electron chi connectivity index (χ3n) is 2.00. The van der Waals surface area contributed by atoms with Gasteiger partial charge in [-0.3, -0.25) is 0 Å². The number of methoxy groups -OCH3 is 1. The fourth-order valence-electron chi connectivity index (χ4n) is 1.20. The molecule has 0 aliphatic heterocycles. The number of rotatable bonds is 6. The van der Waals surface area contributed by atoms with Crippen LogP contribution in [0.5, 0.6) is 5.75 Å². The number of hydrogen-bond donors (Lipinski definition) is 0. The van der Waals surface area contributed by atoms with Gasteiger partial charge in [-0.15, -0.1) is 5.46 Å². The van der Waals surface area contributed by atoms with Crippen LogP contribution >= 0.6 is 0 Å². The van der Waals surface area contributed by atoms with Crippen LogP contribution in [0.15, 0.2) is 24.3 Å². The minimum absolute atomic E-state index is 0.243. The van der Waals surface area contributed by atoms with Crippen molar-refractivity contribution in [3.63, 3.8) is 0 Å². The summed E-state index contributed by atoms with van der Waals surface area (Å²) < 4.78 is 47.2. The maximum Gasteiger partial charge on any atom is 0.509 e. The van der Waals surface area contributed by atoms with Crippen molar-refractivity contribution in [3.8, 4) is 5.75 Å². The van der Waals surface area contributed by atoms with E-state index < -0.39 is 12.4 Å². The molecule has 0 atom stereocenters. The molecule has 1 aromatic carbocycles. The second-order valence-electron chi connectivity index (χ2n) is 3.34. The first-order valence-corrected chi connectivity index (χ1v) is 4.95. The average Bonchev–Trinajstić information content (AvgIpc) is 2.24. The van der Waals surface area contributed by atoms with Crippen molar-refractivity contribution in [2.45, 2.75) is 6.42 Å². The summed E-state index contributed by atoms with van der Waals surface area (Å²) in [6.45, 7) is -4.08. The van der Waals surface area contributed by atoms with Crippen molar-refractivity contribution in [3.05, 3.63) is 24.3 Å². The topological polar surface area (TPSA) is 18.5 Å². The molecule has 1 aromatic rings. The lowest BCUT2D eigenvalue weighted by Crippen LogP contribution is -2.33. The molecule has 0 aliphatic carbocycles. The van der Waals surface area contributed by atoms with Crippen LogP contribution in [0.1, 0.15) is 6.42 Å². The summed E-state index contributed by atoms with van der Waals surface area (Å²) in [5.41, 5.74) is -0.635. The summed E-state index contributed by atoms with van der Waals surface area (Å²) >= 11 is 0. The zero-order valence-electron chi connectivity index (χ0n) is 8.96. The van der Waals surface area contributed by atoms with Gasteiger partial charge in [0.1, 0.15) is 5.75 Å². The van der Waals surface area contributed by atoms with E-state index in [2.05, 4.69) is 0 Å². The van der Waals surface area contributed by atoms with Gasteiger partial charge in [-0.25, -0.2) is 0 Å². The SMILES string of the molecule is COCCCOc1cccc([B-](F)(F)F)c1. The Morgan fingerprint density at radius 2 is 1.94 bits per heavy atom. The molecule has 0 saturated carbocycles. The highest BCUT2D eigenvalue weighted by Gasteiger charge is 2.25. The van der Waals surface area contributed by atoms with Crippen molar-refractivity contribution in [2.75, 3.05) is 20.3 Å². The van der Waals surface area contributed by atoms with Crippen LogP contribution in [0.2, 0.25) is 0 Å². The first-order valence-electron chi connectivity index (χ1n) is 4.95. The largest absolute Gasteiger partial charge is 0.509 e. The van der Waals surface area contributed by atoms with Gasteiger partial charge < -0.3 is 22.4 Å². The Morgan fingerprint density at radius 1 is 1.19 bits per heavy atom. The zero-order valence-corrected chi connectivity index (χ0v) is 8.96. The molecule has 0 radical (unpaired) electrons. The summed E-state index contributed by atoms with van der Waals surface area (Å²) in [4.78, 5) is 0. The molecule has 0 unspecified atom stereocenters. The maximum atomic E-state index is 12.4. The molecule has 0 fully saturated rings. The first kappa shape index (κ1) is 12.9. The lowest BCUT2D eigenvalue weighted by molar-refractivity contribution is 0.172. The van der Waals surface area contributed by atoms with Gasteiger partial charge in [-0.05, 0) is 12.1 Å². The van der Waals surface area contributed by atoms with Gasteiger partial charge in [0.25, 0.3) is 0 Å². The molecule has 0 heterocycles. The second-order valence-corrected chi connectivity index (χ2v) is 3.34. The average molecular weight is 233 g/mol. The van der Waals surface area contributed by atoms with Gasteiger partial charge in [0.2, 0.25) is 0 Å². The third kappa shape index (κ3) is 4.14. The molecule has 16 heavy (non-hydrogen) atoms. The second kappa shape index (κ2) is 5.79. The lowest BCUT2D eigenvalue weighted by Gasteiger charge is -2.15. The monoisotopic (exact) mass is 233 g/mol. The van der Waals surface area contributed by atoms with E-state index >= 15 is 0 Å². The summed E-state index contributed by atoms with van der Waals surface area (Å²) in [7, 11) is 1.56. The molecule has 0 spiro atoms. The number of ether oxygens (including phenoxy) is 2. The predicted molar refractivity (Wildman–Crippen MR) is 57.1 cm³/mol. The predicted octanol–water partition coefficient (Wildman–Crippen LogP) is 2.16. The van der Waals surface area contributed by atoms with Crippen LogP contribution in [0.4, 0.5) is 12.9 Å². The minimum Gasteiger partial charge on any atom is -0.494 e. The summed E-state index contributed by atoms with van der Waals surface area (Å²) in [5.74, 6) is 0.243. The summed E-state index contributed by atoms with van der Waals surface area (Å²) in [6, 6.07) is 4.92. The highest BCUT2D eigenvalue weighted by Crippen LogP contribution is 2.14. The Hall–Kier alpha value is -1.17. The van der Waals surface area contributed by atoms with E-state index in [0.717, 1.165) is 12.1 Å². The molecule has 6 heteroatoms. The summed E-state index contributed by atoms with van der Waals surface area (Å²) in [5, 5.41) is 0. The third-order valence-corrected chi connectivity index (χ3v) is 2.00. The van der Waals surface area contributed by atoms with Crippen LogP contribution in [0.3, 0.4) is 0 Å². The number of benzene rings is 1. The van der Waals surface area contributed by atoms with E-state index in [-0.39, 0.29) is 5.75 Å². The van der Waals surface area contributed by atoms with Crippen molar-refractivity contribution in [1.82, 2.24) is 0 Å². The minimum atomic E-state index is -4.96. The fourth-order valence-corrected chi connectivity index (χ4v) is 1.20. The van der Waals surface area contributed by atoms with Crippen molar-refractivity contribution < 1.29 is 22.4 Å². The smallest absolute Gasteiger partial charge is 0.494 e. The molecule has 2 nitrogen and oxygen atoms in total. The molecule has 0 bridgehead atoms. The summed E-state index contributed by atoms with van der Waals surface area (Å²) in [6.07, 6.45) is 0.651. The molecule has 0 N–H and O–H groups in total. The standard InChI is InChI=1S/C10H13BF3O2/c1-15-6-3-7-16-10-5-2-4-9(8-10)11(12,13)14/h2,4-5,8H,3,6-7H2,1H3/q-1. The van der Waals surface area contributed by atoms with E-state index in [1.54, 1.807) is 7.11 Å². The highest BCUT2D eigenvalue weighted by atomic mass is 19.4. The van der Waals surface area contributed by atoms with Gasteiger partial charge in [0.05, 0.1) is 6.61 Å². The Labute approximate surface area is 92.4 Å². The van der Waals surface area contributed by atoms with Gasteiger partial charge in [-0.1, -0.05) is 12.1 Å². The van der Waals surface area contributed by atoms with E-state index in [0.29, 0.717) is 19.6 Å². The van der Waals surface area contributed by atoms with Crippen LogP contribution in [-0.4, -0.2) is 27.3 Å². The lowest BCUT2D eigenvalue weighted by atomic mass is 9.80. The molecule has 1 rings (SSSR count). The van der Waals surface area contributed by atoms with Crippen molar-refractivity contribution >= 4 is 12.4 Å². The van der Waals surface area contributed by atoms with Gasteiger partial charge >= 0.3 is 6.98 Å². The van der Waals surface area contributed by atoms with Crippen LogP contribution in [0.25, 0.3) is 0 Å². The molecule has 0 aromatic heterocycles. The number of hydrogen-bond acceptors (Lipinski definition) is 2. The van der Waals surface area contributed by atoms with Crippen LogP contribution in [-0.2, 0) is 4.74 Å². The molecular weight excluding hydrogens is 220 g/mol. The molecule has 0 aliphatic rings. The quantitative estimate of drug-likeness (QED) is 0.553. The number of halogens is 3. The fraction of sp³-hybridized carbons (Fsp3) is 0.400. The van der Waals surface area contributed by atoms with Crippen molar-refractivity contribution in [2.24, 2.45) is 0 Å². The Kier molecular flexibility index (Phi) is 4.67. The van der Waals surface area contributed by atoms with Gasteiger partial charge in [0, 0.05) is 20.1 Å². The Balaban J connectivity index is 2.54. The van der Waals surface area contributed by atoms with Crippen molar-refractivity contribution in [1.29, 1.82) is 0 Å². The maximum absolute atomic E-state index is 12.4. The normalized spacial score (nSPS) is 11.5. The van der Waals surface area contributed by atoms with Gasteiger partial charge in [-0.2, -0.15) is 0 Å². The zero-order chi connectivity index (χ0) is 12.0. The van der Waals surface area contributed by atoms with E-state index in [4.69, 9.17) is 9.47 Å². The molecule has 90 valence electrons. The van der Waals surface area contributed by atoms with E-state index in [9.17, 15) is 12.9 Å². The van der Waals surface area contributed by atoms with E-state index in [1.165, 1.54) is 12.1 Å². The Morgan fingerprint density at radius 3 is 2.56 bits per heavy atom. The Bertz CT molecular complexity index is 328. The van der Waals surface area contributed by atoms with E-state index in [1.807, 2.05) is 0 Å². The first-order chi connectivity index (χ1) is 7.54. The molecule has 0 saturated heterocycles.